The van der Waals surface area contributed by atoms with Crippen LogP contribution in [0.1, 0.15) is 43.2 Å². The van der Waals surface area contributed by atoms with Crippen LogP contribution < -0.4 is 4.74 Å². The average molecular weight is 453 g/mol. The first-order valence-electron chi connectivity index (χ1n) is 9.67. The van der Waals surface area contributed by atoms with E-state index in [4.69, 9.17) is 4.74 Å². The monoisotopic (exact) mass is 453 g/mol. The van der Waals surface area contributed by atoms with E-state index in [0.717, 1.165) is 50.3 Å². The highest BCUT2D eigenvalue weighted by Gasteiger charge is 2.72. The van der Waals surface area contributed by atoms with Crippen LogP contribution in [0.5, 0.6) is 11.5 Å². The van der Waals surface area contributed by atoms with E-state index < -0.39 is 5.60 Å². The molecule has 3 aliphatic carbocycles. The number of piperidine rings is 1. The van der Waals surface area contributed by atoms with Gasteiger partial charge in [-0.1, -0.05) is 28.7 Å². The second-order valence-corrected chi connectivity index (χ2v) is 10.4. The molecule has 4 nitrogen and oxygen atoms in total. The van der Waals surface area contributed by atoms with Crippen LogP contribution in [0.3, 0.4) is 0 Å². The first-order valence-corrected chi connectivity index (χ1v) is 10.9. The molecule has 1 aromatic carbocycles. The standard InChI is InChI=1S/C20H24INO3/c21-13-5-6-20(24)15-9-12-3-4-14(23)17-16(12)19(20,18(13)25-17)7-8-22(15)10-11-1-2-11/h3-4,11,13,15,18,23-24H,1-2,5-10H2/t13-,15-,18+,19+,20-/m1/s1. The molecular formula is C20H24INO3. The summed E-state index contributed by atoms with van der Waals surface area (Å²) < 4.78 is 6.76. The largest absolute Gasteiger partial charge is 0.504 e. The van der Waals surface area contributed by atoms with Crippen LogP contribution in [0.15, 0.2) is 12.1 Å². The van der Waals surface area contributed by atoms with Gasteiger partial charge >= 0.3 is 0 Å². The molecule has 2 aliphatic heterocycles. The lowest BCUT2D eigenvalue weighted by Gasteiger charge is -2.63. The summed E-state index contributed by atoms with van der Waals surface area (Å²) in [5, 5.41) is 22.6. The Morgan fingerprint density at radius 1 is 1.24 bits per heavy atom. The SMILES string of the molecule is Oc1ccc2c3c1O[C@H]1[C@H](I)CC[C@@]4(O)[C@@H](C2)N(CC2CC2)CC[C@]314. The normalized spacial score (nSPS) is 44.3. The number of halogens is 1. The Balaban J connectivity index is 1.57. The van der Waals surface area contributed by atoms with Crippen LogP contribution in [0.25, 0.3) is 0 Å². The van der Waals surface area contributed by atoms with Gasteiger partial charge in [-0.05, 0) is 62.6 Å². The van der Waals surface area contributed by atoms with Gasteiger partial charge in [-0.3, -0.25) is 4.90 Å². The molecule has 3 fully saturated rings. The van der Waals surface area contributed by atoms with E-state index in [1.165, 1.54) is 18.4 Å². The van der Waals surface area contributed by atoms with Gasteiger partial charge in [-0.25, -0.2) is 0 Å². The van der Waals surface area contributed by atoms with Gasteiger partial charge < -0.3 is 14.9 Å². The lowest BCUT2D eigenvalue weighted by molar-refractivity contribution is -0.182. The van der Waals surface area contributed by atoms with Crippen LogP contribution in [0.4, 0.5) is 0 Å². The molecule has 6 rings (SSSR count). The maximum atomic E-state index is 12.1. The van der Waals surface area contributed by atoms with Gasteiger partial charge in [0.25, 0.3) is 0 Å². The number of nitrogens with zero attached hydrogens (tertiary/aromatic N) is 1. The fourth-order valence-corrected chi connectivity index (χ4v) is 7.49. The number of hydrogen-bond acceptors (Lipinski definition) is 4. The molecule has 1 aromatic rings. The van der Waals surface area contributed by atoms with Crippen molar-refractivity contribution in [1.82, 2.24) is 4.90 Å². The molecule has 2 saturated carbocycles. The lowest BCUT2D eigenvalue weighted by Crippen LogP contribution is -2.76. The minimum Gasteiger partial charge on any atom is -0.504 e. The maximum Gasteiger partial charge on any atom is 0.165 e. The molecule has 1 saturated heterocycles. The summed E-state index contributed by atoms with van der Waals surface area (Å²) in [7, 11) is 0. The van der Waals surface area contributed by atoms with Crippen LogP contribution in [-0.4, -0.2) is 49.9 Å². The minimum absolute atomic E-state index is 0.0141. The molecule has 5 aliphatic rings. The second-order valence-electron chi connectivity index (χ2n) is 8.84. The Labute approximate surface area is 161 Å². The van der Waals surface area contributed by atoms with Crippen molar-refractivity contribution in [1.29, 1.82) is 0 Å². The average Bonchev–Trinajstić information content (AvgIpc) is 3.32. The van der Waals surface area contributed by atoms with Gasteiger partial charge in [0, 0.05) is 22.1 Å². The molecule has 0 aromatic heterocycles. The third-order valence-corrected chi connectivity index (χ3v) is 8.97. The minimum atomic E-state index is -0.724. The summed E-state index contributed by atoms with van der Waals surface area (Å²) in [5.41, 5.74) is 1.38. The fraction of sp³-hybridized carbons (Fsp3) is 0.700. The summed E-state index contributed by atoms with van der Waals surface area (Å²) in [4.78, 5) is 2.58. The van der Waals surface area contributed by atoms with E-state index in [-0.39, 0.29) is 23.3 Å². The number of aromatic hydroxyl groups is 1. The topological polar surface area (TPSA) is 52.9 Å². The predicted molar refractivity (Wildman–Crippen MR) is 103 cm³/mol. The van der Waals surface area contributed by atoms with Crippen molar-refractivity contribution >= 4 is 22.6 Å². The highest BCUT2D eigenvalue weighted by atomic mass is 127. The number of phenols is 1. The highest BCUT2D eigenvalue weighted by molar-refractivity contribution is 14.1. The van der Waals surface area contributed by atoms with Crippen molar-refractivity contribution in [3.8, 4) is 11.5 Å². The van der Waals surface area contributed by atoms with Crippen LogP contribution in [0, 0.1) is 5.92 Å². The van der Waals surface area contributed by atoms with E-state index in [1.54, 1.807) is 6.07 Å². The molecule has 2 bridgehead atoms. The molecule has 5 heteroatoms. The van der Waals surface area contributed by atoms with Gasteiger partial charge in [0.2, 0.25) is 0 Å². The smallest absolute Gasteiger partial charge is 0.165 e. The van der Waals surface area contributed by atoms with Crippen molar-refractivity contribution in [3.05, 3.63) is 23.3 Å². The number of ether oxygens (including phenoxy) is 1. The van der Waals surface area contributed by atoms with Crippen molar-refractivity contribution < 1.29 is 14.9 Å². The van der Waals surface area contributed by atoms with Gasteiger partial charge in [-0.2, -0.15) is 0 Å². The van der Waals surface area contributed by atoms with Crippen molar-refractivity contribution in [2.45, 2.75) is 65.6 Å². The number of aliphatic hydroxyl groups is 1. The zero-order valence-electron chi connectivity index (χ0n) is 14.2. The maximum absolute atomic E-state index is 12.1. The molecule has 0 radical (unpaired) electrons. The van der Waals surface area contributed by atoms with E-state index in [2.05, 4.69) is 33.6 Å². The molecule has 0 unspecified atom stereocenters. The molecule has 2 heterocycles. The predicted octanol–water partition coefficient (Wildman–Crippen LogP) is 2.76. The highest BCUT2D eigenvalue weighted by Crippen LogP contribution is 2.66. The van der Waals surface area contributed by atoms with Gasteiger partial charge in [0.05, 0.1) is 11.0 Å². The Morgan fingerprint density at radius 2 is 2.08 bits per heavy atom. The van der Waals surface area contributed by atoms with E-state index in [9.17, 15) is 10.2 Å². The Bertz CT molecular complexity index is 766. The summed E-state index contributed by atoms with van der Waals surface area (Å²) in [6.07, 6.45) is 6.35. The Morgan fingerprint density at radius 3 is 2.88 bits per heavy atom. The zero-order valence-corrected chi connectivity index (χ0v) is 16.4. The Hall–Kier alpha value is -0.530. The summed E-state index contributed by atoms with van der Waals surface area (Å²) >= 11 is 2.50. The number of hydrogen-bond donors (Lipinski definition) is 2. The molecule has 1 spiro atoms. The number of benzene rings is 1. The number of likely N-dealkylation sites (tertiary alicyclic amines) is 1. The van der Waals surface area contributed by atoms with Crippen molar-refractivity contribution in [2.75, 3.05) is 13.1 Å². The first kappa shape index (κ1) is 15.5. The lowest BCUT2D eigenvalue weighted by atomic mass is 9.49. The molecular weight excluding hydrogens is 429 g/mol. The van der Waals surface area contributed by atoms with E-state index in [1.807, 2.05) is 0 Å². The fourth-order valence-electron chi connectivity index (χ4n) is 6.42. The summed E-state index contributed by atoms with van der Waals surface area (Å²) in [5.74, 6) is 1.75. The Kier molecular flexibility index (Phi) is 3.01. The number of rotatable bonds is 2. The van der Waals surface area contributed by atoms with Gasteiger partial charge in [0.1, 0.15) is 6.10 Å². The quantitative estimate of drug-likeness (QED) is 0.535. The zero-order chi connectivity index (χ0) is 17.0. The molecule has 5 atom stereocenters. The summed E-state index contributed by atoms with van der Waals surface area (Å²) in [6.45, 7) is 2.18. The molecule has 25 heavy (non-hydrogen) atoms. The van der Waals surface area contributed by atoms with Gasteiger partial charge in [0.15, 0.2) is 11.5 Å². The van der Waals surface area contributed by atoms with E-state index in [0.29, 0.717) is 9.67 Å². The molecule has 0 amide bonds. The number of alkyl halides is 1. The van der Waals surface area contributed by atoms with Gasteiger partial charge in [-0.15, -0.1) is 0 Å². The van der Waals surface area contributed by atoms with Crippen LogP contribution in [-0.2, 0) is 11.8 Å². The summed E-state index contributed by atoms with van der Waals surface area (Å²) in [6, 6.07) is 4.06. The molecule has 2 N–H and O–H groups in total. The number of phenolic OH excluding ortho intramolecular Hbond substituents is 1. The third kappa shape index (κ3) is 1.76. The molecule has 134 valence electrons. The van der Waals surface area contributed by atoms with Crippen molar-refractivity contribution in [3.63, 3.8) is 0 Å². The first-order chi connectivity index (χ1) is 12.0. The van der Waals surface area contributed by atoms with Crippen LogP contribution >= 0.6 is 22.6 Å². The third-order valence-electron chi connectivity index (χ3n) is 7.69. The van der Waals surface area contributed by atoms with E-state index >= 15 is 0 Å². The van der Waals surface area contributed by atoms with Crippen LogP contribution in [0.2, 0.25) is 0 Å². The van der Waals surface area contributed by atoms with Crippen molar-refractivity contribution in [2.24, 2.45) is 5.92 Å². The second kappa shape index (κ2) is 4.84.